The first-order chi connectivity index (χ1) is 9.13. The second-order valence-electron chi connectivity index (χ2n) is 4.36. The molecule has 102 valence electrons. The second kappa shape index (κ2) is 5.69. The highest BCUT2D eigenvalue weighted by atomic mass is 16.1. The van der Waals surface area contributed by atoms with Crippen LogP contribution >= 0.6 is 0 Å². The summed E-state index contributed by atoms with van der Waals surface area (Å²) in [6, 6.07) is 0. The standard InChI is InChI=1S/C13H19N5O/c1-4-17-9-12(7-15-17)13(19)14-6-11-8-18(5-2)16-10(11)3/h7-9H,4-6H2,1-3H3,(H,14,19). The van der Waals surface area contributed by atoms with Gasteiger partial charge in [-0.3, -0.25) is 14.2 Å². The molecule has 0 unspecified atom stereocenters. The Morgan fingerprint density at radius 3 is 2.58 bits per heavy atom. The van der Waals surface area contributed by atoms with E-state index >= 15 is 0 Å². The lowest BCUT2D eigenvalue weighted by molar-refractivity contribution is 0.0951. The summed E-state index contributed by atoms with van der Waals surface area (Å²) in [6.45, 7) is 8.05. The molecule has 1 N–H and O–H groups in total. The lowest BCUT2D eigenvalue weighted by atomic mass is 10.2. The number of nitrogens with one attached hydrogen (secondary N) is 1. The zero-order valence-electron chi connectivity index (χ0n) is 11.6. The van der Waals surface area contributed by atoms with Crippen LogP contribution in [0.2, 0.25) is 0 Å². The van der Waals surface area contributed by atoms with E-state index in [2.05, 4.69) is 15.5 Å². The third-order valence-electron chi connectivity index (χ3n) is 3.03. The van der Waals surface area contributed by atoms with Crippen LogP contribution in [0.3, 0.4) is 0 Å². The average molecular weight is 261 g/mol. The molecule has 0 bridgehead atoms. The van der Waals surface area contributed by atoms with Gasteiger partial charge in [0.2, 0.25) is 0 Å². The van der Waals surface area contributed by atoms with E-state index in [1.54, 1.807) is 17.1 Å². The minimum Gasteiger partial charge on any atom is -0.348 e. The molecule has 0 spiro atoms. The number of nitrogens with zero attached hydrogens (tertiary/aromatic N) is 4. The Hall–Kier alpha value is -2.11. The number of carbonyl (C=O) groups excluding carboxylic acids is 1. The lowest BCUT2D eigenvalue weighted by Crippen LogP contribution is -2.22. The summed E-state index contributed by atoms with van der Waals surface area (Å²) in [4.78, 5) is 11.9. The van der Waals surface area contributed by atoms with Crippen LogP contribution in [0, 0.1) is 6.92 Å². The van der Waals surface area contributed by atoms with Gasteiger partial charge in [-0.15, -0.1) is 0 Å². The molecule has 0 aliphatic heterocycles. The van der Waals surface area contributed by atoms with Crippen LogP contribution < -0.4 is 5.32 Å². The first-order valence-corrected chi connectivity index (χ1v) is 6.47. The number of hydrogen-bond donors (Lipinski definition) is 1. The Kier molecular flexibility index (Phi) is 3.99. The largest absolute Gasteiger partial charge is 0.348 e. The lowest BCUT2D eigenvalue weighted by Gasteiger charge is -2.01. The van der Waals surface area contributed by atoms with E-state index in [4.69, 9.17) is 0 Å². The molecule has 6 nitrogen and oxygen atoms in total. The molecule has 1 amide bonds. The van der Waals surface area contributed by atoms with E-state index in [1.807, 2.05) is 31.6 Å². The summed E-state index contributed by atoms with van der Waals surface area (Å²) in [6.07, 6.45) is 5.30. The number of amides is 1. The van der Waals surface area contributed by atoms with Crippen LogP contribution in [0.25, 0.3) is 0 Å². The van der Waals surface area contributed by atoms with E-state index in [0.29, 0.717) is 12.1 Å². The Labute approximate surface area is 112 Å². The molecule has 0 aromatic carbocycles. The fraction of sp³-hybridized carbons (Fsp3) is 0.462. The molecule has 0 aliphatic carbocycles. The molecule has 0 radical (unpaired) electrons. The maximum absolute atomic E-state index is 11.9. The quantitative estimate of drug-likeness (QED) is 0.883. The Morgan fingerprint density at radius 2 is 2.00 bits per heavy atom. The van der Waals surface area contributed by atoms with Crippen molar-refractivity contribution in [1.29, 1.82) is 0 Å². The molecule has 2 rings (SSSR count). The topological polar surface area (TPSA) is 64.7 Å². The second-order valence-corrected chi connectivity index (χ2v) is 4.36. The van der Waals surface area contributed by atoms with Gasteiger partial charge < -0.3 is 5.32 Å². The van der Waals surface area contributed by atoms with Crippen LogP contribution in [0.5, 0.6) is 0 Å². The zero-order chi connectivity index (χ0) is 13.8. The Morgan fingerprint density at radius 1 is 1.26 bits per heavy atom. The van der Waals surface area contributed by atoms with Gasteiger partial charge in [0.25, 0.3) is 5.91 Å². The van der Waals surface area contributed by atoms with Crippen LogP contribution in [-0.2, 0) is 19.6 Å². The van der Waals surface area contributed by atoms with Crippen molar-refractivity contribution in [3.8, 4) is 0 Å². The summed E-state index contributed by atoms with van der Waals surface area (Å²) < 4.78 is 3.60. The molecule has 19 heavy (non-hydrogen) atoms. The number of aryl methyl sites for hydroxylation is 3. The van der Waals surface area contributed by atoms with Gasteiger partial charge in [0.05, 0.1) is 17.5 Å². The van der Waals surface area contributed by atoms with Gasteiger partial charge in [-0.05, 0) is 20.8 Å². The maximum Gasteiger partial charge on any atom is 0.254 e. The minimum atomic E-state index is -0.108. The fourth-order valence-electron chi connectivity index (χ4n) is 1.83. The fourth-order valence-corrected chi connectivity index (χ4v) is 1.83. The molecule has 6 heteroatoms. The van der Waals surface area contributed by atoms with Crippen LogP contribution in [-0.4, -0.2) is 25.5 Å². The normalized spacial score (nSPS) is 10.7. The number of aromatic nitrogens is 4. The van der Waals surface area contributed by atoms with Crippen molar-refractivity contribution >= 4 is 5.91 Å². The summed E-state index contributed by atoms with van der Waals surface area (Å²) in [5, 5.41) is 11.3. The highest BCUT2D eigenvalue weighted by Crippen LogP contribution is 2.06. The van der Waals surface area contributed by atoms with Crippen LogP contribution in [0.15, 0.2) is 18.6 Å². The third-order valence-corrected chi connectivity index (χ3v) is 3.03. The molecule has 2 aromatic rings. The van der Waals surface area contributed by atoms with Gasteiger partial charge in [0, 0.05) is 37.6 Å². The molecule has 0 saturated heterocycles. The molecular weight excluding hydrogens is 242 g/mol. The summed E-state index contributed by atoms with van der Waals surface area (Å²) in [5.74, 6) is -0.108. The van der Waals surface area contributed by atoms with Crippen molar-refractivity contribution < 1.29 is 4.79 Å². The van der Waals surface area contributed by atoms with Gasteiger partial charge >= 0.3 is 0 Å². The SMILES string of the molecule is CCn1cc(C(=O)NCc2cn(CC)nc2C)cn1. The van der Waals surface area contributed by atoms with Crippen molar-refractivity contribution in [3.63, 3.8) is 0 Å². The number of hydrogen-bond acceptors (Lipinski definition) is 3. The highest BCUT2D eigenvalue weighted by Gasteiger charge is 2.10. The molecule has 0 saturated carbocycles. The van der Waals surface area contributed by atoms with Crippen molar-refractivity contribution in [2.45, 2.75) is 40.4 Å². The molecule has 0 fully saturated rings. The van der Waals surface area contributed by atoms with E-state index in [-0.39, 0.29) is 5.91 Å². The Bertz CT molecular complexity index is 569. The summed E-state index contributed by atoms with van der Waals surface area (Å²) >= 11 is 0. The smallest absolute Gasteiger partial charge is 0.254 e. The predicted octanol–water partition coefficient (Wildman–Crippen LogP) is 1.36. The molecule has 0 aliphatic rings. The Balaban J connectivity index is 1.97. The monoisotopic (exact) mass is 261 g/mol. The van der Waals surface area contributed by atoms with E-state index in [0.717, 1.165) is 24.3 Å². The minimum absolute atomic E-state index is 0.108. The van der Waals surface area contributed by atoms with Gasteiger partial charge in [-0.25, -0.2) is 0 Å². The van der Waals surface area contributed by atoms with Crippen LogP contribution in [0.4, 0.5) is 0 Å². The molecule has 2 heterocycles. The highest BCUT2D eigenvalue weighted by molar-refractivity contribution is 5.93. The van der Waals surface area contributed by atoms with Gasteiger partial charge in [-0.2, -0.15) is 10.2 Å². The summed E-state index contributed by atoms with van der Waals surface area (Å²) in [7, 11) is 0. The van der Waals surface area contributed by atoms with Gasteiger partial charge in [0.1, 0.15) is 0 Å². The predicted molar refractivity (Wildman–Crippen MR) is 71.7 cm³/mol. The van der Waals surface area contributed by atoms with Gasteiger partial charge in [-0.1, -0.05) is 0 Å². The van der Waals surface area contributed by atoms with Crippen molar-refractivity contribution in [2.24, 2.45) is 0 Å². The number of rotatable bonds is 5. The molecule has 0 atom stereocenters. The third kappa shape index (κ3) is 3.01. The van der Waals surface area contributed by atoms with E-state index < -0.39 is 0 Å². The van der Waals surface area contributed by atoms with Crippen molar-refractivity contribution in [2.75, 3.05) is 0 Å². The first-order valence-electron chi connectivity index (χ1n) is 6.47. The first kappa shape index (κ1) is 13.3. The zero-order valence-corrected chi connectivity index (χ0v) is 11.6. The van der Waals surface area contributed by atoms with E-state index in [9.17, 15) is 4.79 Å². The van der Waals surface area contributed by atoms with E-state index in [1.165, 1.54) is 0 Å². The molecular formula is C13H19N5O. The van der Waals surface area contributed by atoms with Crippen molar-refractivity contribution in [3.05, 3.63) is 35.4 Å². The van der Waals surface area contributed by atoms with Crippen LogP contribution in [0.1, 0.15) is 35.5 Å². The average Bonchev–Trinajstić information content (AvgIpc) is 3.02. The number of carbonyl (C=O) groups is 1. The van der Waals surface area contributed by atoms with Gasteiger partial charge in [0.15, 0.2) is 0 Å². The molecule has 2 aromatic heterocycles. The summed E-state index contributed by atoms with van der Waals surface area (Å²) in [5.41, 5.74) is 2.58. The maximum atomic E-state index is 11.9. The van der Waals surface area contributed by atoms with Crippen molar-refractivity contribution in [1.82, 2.24) is 24.9 Å².